The third-order valence-corrected chi connectivity index (χ3v) is 2.66. The van der Waals surface area contributed by atoms with E-state index in [1.807, 2.05) is 12.1 Å². The smallest absolute Gasteiger partial charge is 0.221 e. The maximum atomic E-state index is 11.5. The van der Waals surface area contributed by atoms with Crippen LogP contribution >= 0.6 is 0 Å². The fourth-order valence-corrected chi connectivity index (χ4v) is 1.57. The van der Waals surface area contributed by atoms with Crippen LogP contribution in [-0.2, 0) is 4.79 Å². The highest BCUT2D eigenvalue weighted by Crippen LogP contribution is 2.10. The molecular formula is C15H22N2O2. The SMILES string of the molecule is CC(=O)c1cccc(NCCC(=O)NCC(C)C)c1. The molecule has 4 nitrogen and oxygen atoms in total. The molecule has 1 amide bonds. The van der Waals surface area contributed by atoms with E-state index in [0.29, 0.717) is 31.0 Å². The molecule has 2 N–H and O–H groups in total. The molecule has 0 aliphatic rings. The molecule has 104 valence electrons. The first kappa shape index (κ1) is 15.2. The zero-order chi connectivity index (χ0) is 14.3. The monoisotopic (exact) mass is 262 g/mol. The number of benzene rings is 1. The average molecular weight is 262 g/mol. The van der Waals surface area contributed by atoms with Crippen molar-refractivity contribution in [2.75, 3.05) is 18.4 Å². The normalized spacial score (nSPS) is 10.3. The molecule has 0 unspecified atom stereocenters. The Morgan fingerprint density at radius 2 is 2.00 bits per heavy atom. The van der Waals surface area contributed by atoms with Gasteiger partial charge in [-0.1, -0.05) is 26.0 Å². The first-order valence-electron chi connectivity index (χ1n) is 6.60. The maximum absolute atomic E-state index is 11.5. The van der Waals surface area contributed by atoms with Gasteiger partial charge < -0.3 is 10.6 Å². The Balaban J connectivity index is 2.35. The second-order valence-corrected chi connectivity index (χ2v) is 5.01. The van der Waals surface area contributed by atoms with Crippen molar-refractivity contribution in [1.82, 2.24) is 5.32 Å². The summed E-state index contributed by atoms with van der Waals surface area (Å²) >= 11 is 0. The van der Waals surface area contributed by atoms with Crippen molar-refractivity contribution < 1.29 is 9.59 Å². The van der Waals surface area contributed by atoms with Gasteiger partial charge in [0.2, 0.25) is 5.91 Å². The quantitative estimate of drug-likeness (QED) is 0.742. The molecule has 1 rings (SSSR count). The van der Waals surface area contributed by atoms with Crippen LogP contribution in [0.5, 0.6) is 0 Å². The number of carbonyl (C=O) groups excluding carboxylic acids is 2. The van der Waals surface area contributed by atoms with Gasteiger partial charge in [-0.3, -0.25) is 9.59 Å². The van der Waals surface area contributed by atoms with Crippen LogP contribution in [0.15, 0.2) is 24.3 Å². The molecule has 0 aromatic heterocycles. The van der Waals surface area contributed by atoms with Gasteiger partial charge in [-0.2, -0.15) is 0 Å². The van der Waals surface area contributed by atoms with Crippen LogP contribution in [0.4, 0.5) is 5.69 Å². The summed E-state index contributed by atoms with van der Waals surface area (Å²) in [4.78, 5) is 22.7. The van der Waals surface area contributed by atoms with Crippen LogP contribution in [-0.4, -0.2) is 24.8 Å². The third kappa shape index (κ3) is 6.04. The summed E-state index contributed by atoms with van der Waals surface area (Å²) in [6.07, 6.45) is 0.428. The Kier molecular flexibility index (Phi) is 6.06. The minimum absolute atomic E-state index is 0.0401. The standard InChI is InChI=1S/C15H22N2O2/c1-11(2)10-17-15(19)7-8-16-14-6-4-5-13(9-14)12(3)18/h4-6,9,11,16H,7-8,10H2,1-3H3,(H,17,19). The lowest BCUT2D eigenvalue weighted by molar-refractivity contribution is -0.120. The highest BCUT2D eigenvalue weighted by molar-refractivity contribution is 5.94. The Bertz CT molecular complexity index is 442. The van der Waals surface area contributed by atoms with E-state index in [-0.39, 0.29) is 11.7 Å². The van der Waals surface area contributed by atoms with Gasteiger partial charge in [0, 0.05) is 30.8 Å². The summed E-state index contributed by atoms with van der Waals surface area (Å²) in [7, 11) is 0. The molecule has 4 heteroatoms. The van der Waals surface area contributed by atoms with Crippen molar-refractivity contribution in [2.45, 2.75) is 27.2 Å². The van der Waals surface area contributed by atoms with Crippen molar-refractivity contribution in [1.29, 1.82) is 0 Å². The second-order valence-electron chi connectivity index (χ2n) is 5.01. The van der Waals surface area contributed by atoms with E-state index < -0.39 is 0 Å². The summed E-state index contributed by atoms with van der Waals surface area (Å²) in [6, 6.07) is 7.30. The third-order valence-electron chi connectivity index (χ3n) is 2.66. The molecule has 0 fully saturated rings. The largest absolute Gasteiger partial charge is 0.385 e. The van der Waals surface area contributed by atoms with Crippen LogP contribution in [0.3, 0.4) is 0 Å². The molecule has 0 radical (unpaired) electrons. The molecule has 0 heterocycles. The Labute approximate surface area is 114 Å². The minimum Gasteiger partial charge on any atom is -0.385 e. The summed E-state index contributed by atoms with van der Waals surface area (Å²) in [5.41, 5.74) is 1.54. The lowest BCUT2D eigenvalue weighted by atomic mass is 10.1. The van der Waals surface area contributed by atoms with Crippen LogP contribution in [0.1, 0.15) is 37.6 Å². The van der Waals surface area contributed by atoms with Crippen molar-refractivity contribution in [3.63, 3.8) is 0 Å². The Hall–Kier alpha value is -1.84. The Morgan fingerprint density at radius 1 is 1.26 bits per heavy atom. The summed E-state index contributed by atoms with van der Waals surface area (Å²) in [6.45, 7) is 6.93. The van der Waals surface area contributed by atoms with E-state index in [9.17, 15) is 9.59 Å². The van der Waals surface area contributed by atoms with Crippen LogP contribution in [0.2, 0.25) is 0 Å². The minimum atomic E-state index is 0.0401. The molecule has 0 saturated carbocycles. The van der Waals surface area contributed by atoms with Crippen molar-refractivity contribution in [3.05, 3.63) is 29.8 Å². The molecule has 0 spiro atoms. The Morgan fingerprint density at radius 3 is 2.63 bits per heavy atom. The van der Waals surface area contributed by atoms with E-state index in [1.165, 1.54) is 0 Å². The molecule has 1 aromatic rings. The first-order valence-corrected chi connectivity index (χ1v) is 6.60. The zero-order valence-corrected chi connectivity index (χ0v) is 11.8. The molecule has 0 aliphatic carbocycles. The first-order chi connectivity index (χ1) is 8.99. The topological polar surface area (TPSA) is 58.2 Å². The average Bonchev–Trinajstić information content (AvgIpc) is 2.36. The van der Waals surface area contributed by atoms with E-state index >= 15 is 0 Å². The predicted molar refractivity (Wildman–Crippen MR) is 77.4 cm³/mol. The second kappa shape index (κ2) is 7.56. The number of hydrogen-bond donors (Lipinski definition) is 2. The number of ketones is 1. The van der Waals surface area contributed by atoms with E-state index in [2.05, 4.69) is 24.5 Å². The molecule has 1 aromatic carbocycles. The van der Waals surface area contributed by atoms with Gasteiger partial charge in [-0.05, 0) is 25.0 Å². The van der Waals surface area contributed by atoms with Crippen molar-refractivity contribution >= 4 is 17.4 Å². The van der Waals surface area contributed by atoms with Crippen LogP contribution in [0, 0.1) is 5.92 Å². The molecule has 0 aliphatic heterocycles. The molecule has 0 atom stereocenters. The van der Waals surface area contributed by atoms with Gasteiger partial charge in [0.1, 0.15) is 0 Å². The number of amides is 1. The summed E-state index contributed by atoms with van der Waals surface area (Å²) in [5.74, 6) is 0.548. The fourth-order valence-electron chi connectivity index (χ4n) is 1.57. The van der Waals surface area contributed by atoms with Gasteiger partial charge >= 0.3 is 0 Å². The van der Waals surface area contributed by atoms with Gasteiger partial charge in [-0.25, -0.2) is 0 Å². The van der Waals surface area contributed by atoms with Gasteiger partial charge in [0.05, 0.1) is 0 Å². The van der Waals surface area contributed by atoms with Crippen LogP contribution in [0.25, 0.3) is 0 Å². The lowest BCUT2D eigenvalue weighted by Crippen LogP contribution is -2.28. The number of anilines is 1. The van der Waals surface area contributed by atoms with E-state index in [4.69, 9.17) is 0 Å². The fraction of sp³-hybridized carbons (Fsp3) is 0.467. The summed E-state index contributed by atoms with van der Waals surface area (Å²) < 4.78 is 0. The lowest BCUT2D eigenvalue weighted by Gasteiger charge is -2.09. The maximum Gasteiger partial charge on any atom is 0.221 e. The number of Topliss-reactive ketones (excluding diaryl/α,β-unsaturated/α-hetero) is 1. The molecule has 0 bridgehead atoms. The number of hydrogen-bond acceptors (Lipinski definition) is 3. The predicted octanol–water partition coefficient (Wildman–Crippen LogP) is 2.46. The molecular weight excluding hydrogens is 240 g/mol. The number of nitrogens with one attached hydrogen (secondary N) is 2. The zero-order valence-electron chi connectivity index (χ0n) is 11.8. The van der Waals surface area contributed by atoms with Gasteiger partial charge in [0.25, 0.3) is 0 Å². The van der Waals surface area contributed by atoms with E-state index in [0.717, 1.165) is 5.69 Å². The highest BCUT2D eigenvalue weighted by atomic mass is 16.1. The van der Waals surface area contributed by atoms with E-state index in [1.54, 1.807) is 19.1 Å². The van der Waals surface area contributed by atoms with Crippen molar-refractivity contribution in [2.24, 2.45) is 5.92 Å². The highest BCUT2D eigenvalue weighted by Gasteiger charge is 2.03. The van der Waals surface area contributed by atoms with Gasteiger partial charge in [-0.15, -0.1) is 0 Å². The summed E-state index contributed by atoms with van der Waals surface area (Å²) in [5, 5.41) is 6.01. The van der Waals surface area contributed by atoms with Crippen LogP contribution < -0.4 is 10.6 Å². The number of rotatable bonds is 7. The van der Waals surface area contributed by atoms with Crippen molar-refractivity contribution in [3.8, 4) is 0 Å². The molecule has 0 saturated heterocycles. The number of carbonyl (C=O) groups is 2. The molecule has 19 heavy (non-hydrogen) atoms. The van der Waals surface area contributed by atoms with Gasteiger partial charge in [0.15, 0.2) is 5.78 Å².